The Morgan fingerprint density at radius 3 is 3.10 bits per heavy atom. The highest BCUT2D eigenvalue weighted by Crippen LogP contribution is 2.26. The number of imidazole rings is 1. The smallest absolute Gasteiger partial charge is 0.176 e. The second kappa shape index (κ2) is 7.41. The highest BCUT2D eigenvalue weighted by molar-refractivity contribution is 7.10. The molecule has 0 amide bonds. The number of nitrogens with one attached hydrogen (secondary N) is 2. The maximum Gasteiger partial charge on any atom is 0.176 e. The number of fused-ring (bicyclic) bond motifs is 1. The molecular weight excluding hydrogens is 408 g/mol. The lowest BCUT2D eigenvalue weighted by molar-refractivity contribution is 0.574. The van der Waals surface area contributed by atoms with Crippen molar-refractivity contribution in [2.75, 3.05) is 5.32 Å². The van der Waals surface area contributed by atoms with E-state index in [1.165, 1.54) is 11.5 Å². The fraction of sp³-hybridized carbons (Fsp3) is 0.211. The second-order valence-corrected chi connectivity index (χ2v) is 8.02. The van der Waals surface area contributed by atoms with Crippen LogP contribution in [0.2, 0.25) is 5.02 Å². The van der Waals surface area contributed by atoms with Crippen LogP contribution in [0.1, 0.15) is 24.1 Å². The summed E-state index contributed by atoms with van der Waals surface area (Å²) in [4.78, 5) is 13.7. The van der Waals surface area contributed by atoms with Gasteiger partial charge in [0.15, 0.2) is 11.7 Å². The van der Waals surface area contributed by atoms with Gasteiger partial charge in [0.05, 0.1) is 40.5 Å². The van der Waals surface area contributed by atoms with Gasteiger partial charge in [0, 0.05) is 30.9 Å². The van der Waals surface area contributed by atoms with Crippen molar-refractivity contribution >= 4 is 34.0 Å². The molecule has 29 heavy (non-hydrogen) atoms. The first-order valence-corrected chi connectivity index (χ1v) is 10.3. The van der Waals surface area contributed by atoms with E-state index < -0.39 is 0 Å². The van der Waals surface area contributed by atoms with Crippen molar-refractivity contribution in [2.24, 2.45) is 4.99 Å². The molecule has 1 atom stereocenters. The quantitative estimate of drug-likeness (QED) is 0.521. The van der Waals surface area contributed by atoms with Gasteiger partial charge in [-0.25, -0.2) is 4.98 Å². The van der Waals surface area contributed by atoms with Crippen molar-refractivity contribution in [1.82, 2.24) is 29.1 Å². The number of hydrogen-bond acceptors (Lipinski definition) is 7. The average Bonchev–Trinajstić information content (AvgIpc) is 3.44. The van der Waals surface area contributed by atoms with Gasteiger partial charge in [-0.1, -0.05) is 11.6 Å². The van der Waals surface area contributed by atoms with Gasteiger partial charge in [0.1, 0.15) is 5.00 Å². The van der Waals surface area contributed by atoms with Crippen LogP contribution in [0.15, 0.2) is 48.0 Å². The van der Waals surface area contributed by atoms with Crippen LogP contribution in [-0.4, -0.2) is 41.0 Å². The lowest BCUT2D eigenvalue weighted by Gasteiger charge is -2.21. The number of aliphatic imine (C=N–C) groups is 1. The fourth-order valence-corrected chi connectivity index (χ4v) is 4.19. The summed E-state index contributed by atoms with van der Waals surface area (Å²) < 4.78 is 6.69. The van der Waals surface area contributed by atoms with Crippen LogP contribution in [0.4, 0.5) is 5.00 Å². The van der Waals surface area contributed by atoms with Crippen molar-refractivity contribution < 1.29 is 0 Å². The predicted molar refractivity (Wildman–Crippen MR) is 114 cm³/mol. The number of hydrogen-bond donors (Lipinski definition) is 2. The second-order valence-electron chi connectivity index (χ2n) is 6.81. The number of anilines is 1. The standard InChI is InChI=1S/C19H17ClN8S/c1-11-10-28-16(12-7-23-24-8-12)9-22-19(28)18(25-11)26-17-6-13(27-29-17)5-15-14(20)3-2-4-21-15/h2-4,6-9,11H,5,10H2,1H3,(H,23,24)(H,25,26). The maximum atomic E-state index is 6.21. The number of aromatic nitrogens is 6. The summed E-state index contributed by atoms with van der Waals surface area (Å²) in [6.45, 7) is 2.86. The largest absolute Gasteiger partial charge is 0.328 e. The third-order valence-electron chi connectivity index (χ3n) is 4.64. The van der Waals surface area contributed by atoms with E-state index >= 15 is 0 Å². The third kappa shape index (κ3) is 3.54. The number of rotatable bonds is 4. The minimum Gasteiger partial charge on any atom is -0.328 e. The molecular formula is C19H17ClN8S. The van der Waals surface area contributed by atoms with Crippen LogP contribution in [0, 0.1) is 0 Å². The van der Waals surface area contributed by atoms with Gasteiger partial charge < -0.3 is 9.88 Å². The molecule has 1 aliphatic heterocycles. The van der Waals surface area contributed by atoms with Gasteiger partial charge in [0.2, 0.25) is 0 Å². The lowest BCUT2D eigenvalue weighted by atomic mass is 10.2. The zero-order chi connectivity index (χ0) is 19.8. The summed E-state index contributed by atoms with van der Waals surface area (Å²) in [5, 5.41) is 11.8. The molecule has 0 spiro atoms. The average molecular weight is 425 g/mol. The molecule has 2 N–H and O–H groups in total. The highest BCUT2D eigenvalue weighted by Gasteiger charge is 2.24. The molecule has 0 radical (unpaired) electrons. The predicted octanol–water partition coefficient (Wildman–Crippen LogP) is 3.63. The Labute approximate surface area is 175 Å². The molecule has 5 heterocycles. The lowest BCUT2D eigenvalue weighted by Crippen LogP contribution is -2.29. The number of halogens is 1. The molecule has 0 fully saturated rings. The number of aromatic amines is 1. The van der Waals surface area contributed by atoms with E-state index in [2.05, 4.69) is 41.3 Å². The van der Waals surface area contributed by atoms with Gasteiger partial charge in [-0.2, -0.15) is 9.47 Å². The zero-order valence-electron chi connectivity index (χ0n) is 15.5. The summed E-state index contributed by atoms with van der Waals surface area (Å²) in [6, 6.07) is 5.79. The Kier molecular flexibility index (Phi) is 4.61. The van der Waals surface area contributed by atoms with Gasteiger partial charge in [-0.05, 0) is 36.7 Å². The molecule has 0 bridgehead atoms. The number of nitrogens with zero attached hydrogens (tertiary/aromatic N) is 6. The van der Waals surface area contributed by atoms with Crippen LogP contribution in [-0.2, 0) is 13.0 Å². The molecule has 1 aliphatic rings. The third-order valence-corrected chi connectivity index (χ3v) is 5.73. The minimum atomic E-state index is 0.129. The van der Waals surface area contributed by atoms with E-state index in [9.17, 15) is 0 Å². The summed E-state index contributed by atoms with van der Waals surface area (Å²) >= 11 is 7.60. The monoisotopic (exact) mass is 424 g/mol. The molecule has 10 heteroatoms. The van der Waals surface area contributed by atoms with E-state index in [4.69, 9.17) is 16.6 Å². The molecule has 4 aromatic rings. The first-order valence-electron chi connectivity index (χ1n) is 9.12. The van der Waals surface area contributed by atoms with Crippen LogP contribution >= 0.6 is 23.1 Å². The van der Waals surface area contributed by atoms with Crippen molar-refractivity contribution in [1.29, 1.82) is 0 Å². The number of amidine groups is 1. The molecule has 1 unspecified atom stereocenters. The van der Waals surface area contributed by atoms with Crippen molar-refractivity contribution in [3.8, 4) is 11.3 Å². The van der Waals surface area contributed by atoms with E-state index in [0.717, 1.165) is 45.9 Å². The molecule has 146 valence electrons. The Hall–Kier alpha value is -3.04. The summed E-state index contributed by atoms with van der Waals surface area (Å²) in [5.74, 6) is 1.55. The van der Waals surface area contributed by atoms with Crippen molar-refractivity contribution in [2.45, 2.75) is 25.9 Å². The summed E-state index contributed by atoms with van der Waals surface area (Å²) in [5.41, 5.74) is 3.74. The highest BCUT2D eigenvalue weighted by atomic mass is 35.5. The summed E-state index contributed by atoms with van der Waals surface area (Å²) in [7, 11) is 0. The fourth-order valence-electron chi connectivity index (χ4n) is 3.33. The number of pyridine rings is 1. The first-order chi connectivity index (χ1) is 14.2. The molecule has 0 aromatic carbocycles. The van der Waals surface area contributed by atoms with Crippen LogP contribution in [0.5, 0.6) is 0 Å². The molecule has 0 aliphatic carbocycles. The van der Waals surface area contributed by atoms with Gasteiger partial charge >= 0.3 is 0 Å². The molecule has 8 nitrogen and oxygen atoms in total. The van der Waals surface area contributed by atoms with Gasteiger partial charge in [-0.3, -0.25) is 15.1 Å². The van der Waals surface area contributed by atoms with Crippen molar-refractivity contribution in [3.63, 3.8) is 0 Å². The van der Waals surface area contributed by atoms with Crippen molar-refractivity contribution in [3.05, 3.63) is 65.2 Å². The van der Waals surface area contributed by atoms with Gasteiger partial charge in [-0.15, -0.1) is 0 Å². The van der Waals surface area contributed by atoms with E-state index in [1.807, 2.05) is 30.6 Å². The van der Waals surface area contributed by atoms with E-state index in [0.29, 0.717) is 11.4 Å². The zero-order valence-corrected chi connectivity index (χ0v) is 17.1. The Morgan fingerprint density at radius 1 is 1.34 bits per heavy atom. The van der Waals surface area contributed by atoms with E-state index in [-0.39, 0.29) is 6.04 Å². The normalized spacial score (nSPS) is 15.8. The topological polar surface area (TPSA) is 96.7 Å². The molecule has 0 saturated heterocycles. The van der Waals surface area contributed by atoms with Crippen LogP contribution in [0.3, 0.4) is 0 Å². The molecule has 0 saturated carbocycles. The van der Waals surface area contributed by atoms with E-state index in [1.54, 1.807) is 12.4 Å². The Bertz CT molecular complexity index is 1180. The minimum absolute atomic E-state index is 0.129. The Morgan fingerprint density at radius 2 is 2.28 bits per heavy atom. The van der Waals surface area contributed by atoms with Crippen LogP contribution < -0.4 is 5.32 Å². The molecule has 4 aromatic heterocycles. The summed E-state index contributed by atoms with van der Waals surface area (Å²) in [6.07, 6.45) is 7.84. The van der Waals surface area contributed by atoms with Gasteiger partial charge in [0.25, 0.3) is 0 Å². The SMILES string of the molecule is CC1Cn2c(-c3cn[nH]c3)cnc2C(Nc2cc(Cc3ncccc3Cl)ns2)=N1. The first kappa shape index (κ1) is 18.0. The van der Waals surface area contributed by atoms with Crippen LogP contribution in [0.25, 0.3) is 11.3 Å². The Balaban J connectivity index is 1.39. The molecule has 5 rings (SSSR count). The maximum absolute atomic E-state index is 6.21. The number of H-pyrrole nitrogens is 1.